The van der Waals surface area contributed by atoms with Crippen LogP contribution in [0.2, 0.25) is 0 Å². The van der Waals surface area contributed by atoms with Crippen LogP contribution in [-0.4, -0.2) is 47.9 Å². The van der Waals surface area contributed by atoms with Crippen molar-refractivity contribution in [2.45, 2.75) is 32.9 Å². The third-order valence-corrected chi connectivity index (χ3v) is 6.46. The maximum Gasteiger partial charge on any atom is 0.311 e. The summed E-state index contributed by atoms with van der Waals surface area (Å²) >= 11 is 3.43. The number of carbonyl (C=O) groups excluding carboxylic acids is 2. The molecule has 0 fully saturated rings. The molecule has 0 radical (unpaired) electrons. The van der Waals surface area contributed by atoms with Gasteiger partial charge in [-0.3, -0.25) is 19.7 Å². The molecule has 3 rings (SSSR count). The lowest BCUT2D eigenvalue weighted by molar-refractivity contribution is -0.385. The van der Waals surface area contributed by atoms with E-state index < -0.39 is 16.9 Å². The van der Waals surface area contributed by atoms with Crippen LogP contribution in [0.3, 0.4) is 0 Å². The maximum absolute atomic E-state index is 13.7. The van der Waals surface area contributed by atoms with Gasteiger partial charge in [-0.25, -0.2) is 0 Å². The molecule has 3 aromatic carbocycles. The van der Waals surface area contributed by atoms with E-state index >= 15 is 0 Å². The van der Waals surface area contributed by atoms with Gasteiger partial charge in [-0.2, -0.15) is 0 Å². The molecule has 1 N–H and O–H groups in total. The Kier molecular flexibility index (Phi) is 10.9. The first-order valence-electron chi connectivity index (χ1n) is 12.5. The Hall–Kier alpha value is -3.92. The molecule has 0 aliphatic heterocycles. The standard InChI is InChI=1S/C29H32BrN3O6/c1-20(2)17-31-29(35)26(15-21-7-5-4-6-8-21)32(18-22-9-11-23(30)12-10-22)28(34)19-39-24-13-14-25(33(36)37)27(16-24)38-3/h4-14,16,20,26H,15,17-19H2,1-3H3,(H,31,35)/t26-/m0/s1. The average molecular weight is 598 g/mol. The minimum absolute atomic E-state index is 0.0201. The Labute approximate surface area is 236 Å². The number of nitro groups is 1. The second-order valence-corrected chi connectivity index (χ2v) is 10.3. The van der Waals surface area contributed by atoms with Gasteiger partial charge in [0.1, 0.15) is 11.8 Å². The summed E-state index contributed by atoms with van der Waals surface area (Å²) < 4.78 is 11.7. The van der Waals surface area contributed by atoms with Crippen LogP contribution in [0.15, 0.2) is 77.3 Å². The average Bonchev–Trinajstić information content (AvgIpc) is 2.93. The zero-order valence-electron chi connectivity index (χ0n) is 22.1. The molecule has 2 amide bonds. The minimum Gasteiger partial charge on any atom is -0.490 e. The van der Waals surface area contributed by atoms with Crippen molar-refractivity contribution >= 4 is 33.4 Å². The van der Waals surface area contributed by atoms with Crippen LogP contribution in [0.4, 0.5) is 5.69 Å². The third kappa shape index (κ3) is 8.81. The molecule has 0 heterocycles. The molecule has 39 heavy (non-hydrogen) atoms. The molecule has 0 bridgehead atoms. The Morgan fingerprint density at radius 2 is 1.72 bits per heavy atom. The van der Waals surface area contributed by atoms with Crippen LogP contribution in [0, 0.1) is 16.0 Å². The number of halogens is 1. The molecular formula is C29H32BrN3O6. The Balaban J connectivity index is 1.90. The summed E-state index contributed by atoms with van der Waals surface area (Å²) in [4.78, 5) is 39.3. The number of hydrogen-bond donors (Lipinski definition) is 1. The number of nitro benzene ring substituents is 1. The molecule has 0 aliphatic carbocycles. The van der Waals surface area contributed by atoms with E-state index in [1.807, 2.05) is 68.4 Å². The number of hydrogen-bond acceptors (Lipinski definition) is 6. The topological polar surface area (TPSA) is 111 Å². The largest absolute Gasteiger partial charge is 0.490 e. The zero-order valence-corrected chi connectivity index (χ0v) is 23.7. The van der Waals surface area contributed by atoms with Gasteiger partial charge in [0, 0.05) is 36.1 Å². The number of carbonyl (C=O) groups is 2. The van der Waals surface area contributed by atoms with Gasteiger partial charge in [0.25, 0.3) is 5.91 Å². The summed E-state index contributed by atoms with van der Waals surface area (Å²) in [5.41, 5.74) is 1.55. The van der Waals surface area contributed by atoms with Crippen LogP contribution in [0.5, 0.6) is 11.5 Å². The highest BCUT2D eigenvalue weighted by atomic mass is 79.9. The summed E-state index contributed by atoms with van der Waals surface area (Å²) in [6.45, 7) is 4.29. The fourth-order valence-corrected chi connectivity index (χ4v) is 4.15. The first kappa shape index (κ1) is 29.6. The van der Waals surface area contributed by atoms with Gasteiger partial charge < -0.3 is 19.7 Å². The van der Waals surface area contributed by atoms with E-state index in [9.17, 15) is 19.7 Å². The maximum atomic E-state index is 13.7. The molecule has 0 saturated carbocycles. The number of amides is 2. The summed E-state index contributed by atoms with van der Waals surface area (Å²) in [6, 6.07) is 20.3. The van der Waals surface area contributed by atoms with Gasteiger partial charge in [0.05, 0.1) is 12.0 Å². The number of ether oxygens (including phenoxy) is 2. The highest BCUT2D eigenvalue weighted by Crippen LogP contribution is 2.31. The lowest BCUT2D eigenvalue weighted by Gasteiger charge is -2.31. The summed E-state index contributed by atoms with van der Waals surface area (Å²) in [5.74, 6) is -0.168. The van der Waals surface area contributed by atoms with Gasteiger partial charge in [-0.1, -0.05) is 72.2 Å². The van der Waals surface area contributed by atoms with E-state index in [0.717, 1.165) is 15.6 Å². The van der Waals surface area contributed by atoms with Gasteiger partial charge in [-0.05, 0) is 35.2 Å². The molecule has 3 aromatic rings. The van der Waals surface area contributed by atoms with Crippen molar-refractivity contribution < 1.29 is 24.0 Å². The SMILES string of the molecule is COc1cc(OCC(=O)N(Cc2ccc(Br)cc2)[C@@H](Cc2ccccc2)C(=O)NCC(C)C)ccc1[N+](=O)[O-]. The number of benzene rings is 3. The van der Waals surface area contributed by atoms with Crippen molar-refractivity contribution in [3.05, 3.63) is 98.5 Å². The van der Waals surface area contributed by atoms with E-state index in [-0.39, 0.29) is 42.2 Å². The fourth-order valence-electron chi connectivity index (χ4n) is 3.89. The molecule has 0 spiro atoms. The third-order valence-electron chi connectivity index (χ3n) is 5.93. The Morgan fingerprint density at radius 1 is 1.03 bits per heavy atom. The highest BCUT2D eigenvalue weighted by Gasteiger charge is 2.31. The van der Waals surface area contributed by atoms with Crippen LogP contribution >= 0.6 is 15.9 Å². The second-order valence-electron chi connectivity index (χ2n) is 9.37. The van der Waals surface area contributed by atoms with Crippen LogP contribution < -0.4 is 14.8 Å². The van der Waals surface area contributed by atoms with Gasteiger partial charge in [-0.15, -0.1) is 0 Å². The van der Waals surface area contributed by atoms with Crippen molar-refractivity contribution in [2.75, 3.05) is 20.3 Å². The van der Waals surface area contributed by atoms with Crippen molar-refractivity contribution in [3.63, 3.8) is 0 Å². The molecule has 0 unspecified atom stereocenters. The fraction of sp³-hybridized carbons (Fsp3) is 0.310. The van der Waals surface area contributed by atoms with Crippen molar-refractivity contribution in [2.24, 2.45) is 5.92 Å². The quantitative estimate of drug-likeness (QED) is 0.215. The Bertz CT molecular complexity index is 1270. The van der Waals surface area contributed by atoms with E-state index in [1.54, 1.807) is 0 Å². The number of methoxy groups -OCH3 is 1. The summed E-state index contributed by atoms with van der Waals surface area (Å²) in [6.07, 6.45) is 0.318. The zero-order chi connectivity index (χ0) is 28.4. The molecule has 0 aromatic heterocycles. The van der Waals surface area contributed by atoms with Crippen molar-refractivity contribution in [3.8, 4) is 11.5 Å². The molecular weight excluding hydrogens is 566 g/mol. The monoisotopic (exact) mass is 597 g/mol. The Morgan fingerprint density at radius 3 is 2.33 bits per heavy atom. The molecule has 1 atom stereocenters. The molecule has 9 nitrogen and oxygen atoms in total. The first-order chi connectivity index (χ1) is 18.7. The van der Waals surface area contributed by atoms with Crippen LogP contribution in [-0.2, 0) is 22.6 Å². The minimum atomic E-state index is -0.794. The van der Waals surface area contributed by atoms with Gasteiger partial charge >= 0.3 is 5.69 Å². The van der Waals surface area contributed by atoms with Crippen LogP contribution in [0.25, 0.3) is 0 Å². The molecule has 206 valence electrons. The molecule has 0 aliphatic rings. The molecule has 0 saturated heterocycles. The second kappa shape index (κ2) is 14.3. The first-order valence-corrected chi connectivity index (χ1v) is 13.3. The van der Waals surface area contributed by atoms with Crippen LogP contribution in [0.1, 0.15) is 25.0 Å². The molecule has 10 heteroatoms. The normalized spacial score (nSPS) is 11.5. The van der Waals surface area contributed by atoms with Crippen molar-refractivity contribution in [1.82, 2.24) is 10.2 Å². The highest BCUT2D eigenvalue weighted by molar-refractivity contribution is 9.10. The predicted molar refractivity (Wildman–Crippen MR) is 152 cm³/mol. The number of nitrogens with one attached hydrogen (secondary N) is 1. The van der Waals surface area contributed by atoms with Gasteiger partial charge in [0.15, 0.2) is 6.61 Å². The lowest BCUT2D eigenvalue weighted by atomic mass is 10.0. The van der Waals surface area contributed by atoms with Gasteiger partial charge in [0.2, 0.25) is 11.7 Å². The smallest absolute Gasteiger partial charge is 0.311 e. The van der Waals surface area contributed by atoms with E-state index in [2.05, 4.69) is 21.2 Å². The van der Waals surface area contributed by atoms with Crippen molar-refractivity contribution in [1.29, 1.82) is 0 Å². The van der Waals surface area contributed by atoms with E-state index in [0.29, 0.717) is 13.0 Å². The summed E-state index contributed by atoms with van der Waals surface area (Å²) in [5, 5.41) is 14.2. The summed E-state index contributed by atoms with van der Waals surface area (Å²) in [7, 11) is 1.32. The predicted octanol–water partition coefficient (Wildman–Crippen LogP) is 5.16. The van der Waals surface area contributed by atoms with E-state index in [4.69, 9.17) is 9.47 Å². The lowest BCUT2D eigenvalue weighted by Crippen LogP contribution is -2.52. The number of nitrogens with zero attached hydrogens (tertiary/aromatic N) is 2. The number of rotatable bonds is 13. The van der Waals surface area contributed by atoms with E-state index in [1.165, 1.54) is 30.2 Å².